The van der Waals surface area contributed by atoms with Gasteiger partial charge in [0.25, 0.3) is 0 Å². The monoisotopic (exact) mass is 240 g/mol. The molecule has 0 aliphatic carbocycles. The van der Waals surface area contributed by atoms with Gasteiger partial charge in [0.2, 0.25) is 0 Å². The van der Waals surface area contributed by atoms with Gasteiger partial charge in [0.15, 0.2) is 5.78 Å². The van der Waals surface area contributed by atoms with Gasteiger partial charge in [0.05, 0.1) is 0 Å². The molecule has 2 heteroatoms. The summed E-state index contributed by atoms with van der Waals surface area (Å²) in [7, 11) is 0. The van der Waals surface area contributed by atoms with E-state index in [0.29, 0.717) is 0 Å². The van der Waals surface area contributed by atoms with E-state index in [9.17, 15) is 9.90 Å². The summed E-state index contributed by atoms with van der Waals surface area (Å²) in [5.41, 5.74) is 3.03. The Bertz CT molecular complexity index is 538. The van der Waals surface area contributed by atoms with Crippen molar-refractivity contribution < 1.29 is 9.90 Å². The number of aromatic hydroxyl groups is 1. The van der Waals surface area contributed by atoms with E-state index in [0.717, 1.165) is 16.7 Å². The van der Waals surface area contributed by atoms with E-state index in [2.05, 4.69) is 6.92 Å². The number of rotatable bonds is 3. The van der Waals surface area contributed by atoms with Crippen molar-refractivity contribution in [2.45, 2.75) is 19.8 Å². The number of carbonyl (C=O) groups excluding carboxylic acids is 1. The number of phenols is 1. The zero-order valence-corrected chi connectivity index (χ0v) is 10.6. The van der Waals surface area contributed by atoms with E-state index in [1.165, 1.54) is 0 Å². The summed E-state index contributed by atoms with van der Waals surface area (Å²) in [6.45, 7) is 3.67. The lowest BCUT2D eigenvalue weighted by Gasteiger charge is -2.12. The maximum absolute atomic E-state index is 11.2. The molecule has 2 nitrogen and oxygen atoms in total. The molecule has 2 aromatic rings. The minimum atomic E-state index is 0.0823. The van der Waals surface area contributed by atoms with Gasteiger partial charge in [-0.3, -0.25) is 4.79 Å². The Labute approximate surface area is 107 Å². The largest absolute Gasteiger partial charge is 0.508 e. The van der Waals surface area contributed by atoms with Gasteiger partial charge in [0.1, 0.15) is 5.75 Å². The molecule has 0 saturated heterocycles. The van der Waals surface area contributed by atoms with Crippen molar-refractivity contribution >= 4 is 5.78 Å². The van der Waals surface area contributed by atoms with Gasteiger partial charge in [-0.05, 0) is 30.2 Å². The molecule has 1 atom stereocenters. The number of Topliss-reactive ketones (excluding diaryl/α,β-unsaturated/α-hetero) is 1. The lowest BCUT2D eigenvalue weighted by atomic mass is 9.92. The van der Waals surface area contributed by atoms with Crippen molar-refractivity contribution in [3.8, 4) is 5.75 Å². The predicted octanol–water partition coefficient (Wildman–Crippen LogP) is 3.75. The molecule has 18 heavy (non-hydrogen) atoms. The fourth-order valence-corrected chi connectivity index (χ4v) is 1.96. The van der Waals surface area contributed by atoms with E-state index in [4.69, 9.17) is 0 Å². The zero-order valence-electron chi connectivity index (χ0n) is 10.6. The van der Waals surface area contributed by atoms with Crippen molar-refractivity contribution in [1.29, 1.82) is 0 Å². The fraction of sp³-hybridized carbons (Fsp3) is 0.188. The molecule has 2 rings (SSSR count). The summed E-state index contributed by atoms with van der Waals surface area (Å²) in [4.78, 5) is 11.2. The van der Waals surface area contributed by atoms with Crippen LogP contribution in [0, 0.1) is 0 Å². The van der Waals surface area contributed by atoms with Gasteiger partial charge >= 0.3 is 0 Å². The summed E-state index contributed by atoms with van der Waals surface area (Å²) in [6, 6.07) is 14.9. The van der Waals surface area contributed by atoms with Gasteiger partial charge in [-0.1, -0.05) is 43.3 Å². The lowest BCUT2D eigenvalue weighted by molar-refractivity contribution is 0.101. The van der Waals surface area contributed by atoms with Crippen molar-refractivity contribution in [1.82, 2.24) is 0 Å². The smallest absolute Gasteiger partial charge is 0.159 e. The maximum Gasteiger partial charge on any atom is 0.159 e. The highest BCUT2D eigenvalue weighted by molar-refractivity contribution is 5.94. The molecule has 2 aromatic carbocycles. The van der Waals surface area contributed by atoms with E-state index in [-0.39, 0.29) is 17.5 Å². The van der Waals surface area contributed by atoms with Crippen molar-refractivity contribution in [2.75, 3.05) is 0 Å². The lowest BCUT2D eigenvalue weighted by Crippen LogP contribution is -1.97. The minimum absolute atomic E-state index is 0.0823. The molecule has 0 aliphatic rings. The Morgan fingerprint density at radius 1 is 0.944 bits per heavy atom. The number of hydrogen-bond donors (Lipinski definition) is 1. The number of phenolic OH excluding ortho intramolecular Hbond substituents is 1. The highest BCUT2D eigenvalue weighted by Crippen LogP contribution is 2.25. The predicted molar refractivity (Wildman–Crippen MR) is 72.1 cm³/mol. The third-order valence-corrected chi connectivity index (χ3v) is 3.21. The Balaban J connectivity index is 2.25. The molecule has 0 spiro atoms. The highest BCUT2D eigenvalue weighted by atomic mass is 16.3. The number of benzene rings is 2. The van der Waals surface area contributed by atoms with Gasteiger partial charge < -0.3 is 5.11 Å². The molecule has 0 fully saturated rings. The van der Waals surface area contributed by atoms with Crippen molar-refractivity contribution in [2.24, 2.45) is 0 Å². The number of ketones is 1. The Kier molecular flexibility index (Phi) is 3.47. The van der Waals surface area contributed by atoms with Crippen LogP contribution < -0.4 is 0 Å². The van der Waals surface area contributed by atoms with E-state index in [1.807, 2.05) is 36.4 Å². The Morgan fingerprint density at radius 2 is 1.39 bits per heavy atom. The SMILES string of the molecule is CC(=O)c1ccc(C(C)c2ccc(O)cc2)cc1. The summed E-state index contributed by atoms with van der Waals surface area (Å²) >= 11 is 0. The molecular formula is C16H16O2. The number of hydrogen-bond acceptors (Lipinski definition) is 2. The van der Waals surface area contributed by atoms with Crippen molar-refractivity contribution in [3.63, 3.8) is 0 Å². The molecule has 0 aromatic heterocycles. The van der Waals surface area contributed by atoms with Crippen LogP contribution in [0.25, 0.3) is 0 Å². The second kappa shape index (κ2) is 5.05. The first-order valence-electron chi connectivity index (χ1n) is 5.98. The molecule has 0 heterocycles. The van der Waals surface area contributed by atoms with Gasteiger partial charge in [0, 0.05) is 11.5 Å². The molecular weight excluding hydrogens is 224 g/mol. The van der Waals surface area contributed by atoms with Crippen LogP contribution in [0.15, 0.2) is 48.5 Å². The fourth-order valence-electron chi connectivity index (χ4n) is 1.96. The molecule has 0 amide bonds. The van der Waals surface area contributed by atoms with Crippen LogP contribution in [0.1, 0.15) is 41.3 Å². The standard InChI is InChI=1S/C16H16O2/c1-11(14-7-9-16(18)10-8-14)13-3-5-15(6-4-13)12(2)17/h3-11,18H,1-2H3. The number of carbonyl (C=O) groups is 1. The molecule has 0 radical (unpaired) electrons. The van der Waals surface area contributed by atoms with Gasteiger partial charge in [-0.2, -0.15) is 0 Å². The highest BCUT2D eigenvalue weighted by Gasteiger charge is 2.09. The Hall–Kier alpha value is -2.09. The first-order valence-corrected chi connectivity index (χ1v) is 5.98. The second-order valence-corrected chi connectivity index (χ2v) is 4.49. The van der Waals surface area contributed by atoms with Crippen LogP contribution in [0.5, 0.6) is 5.75 Å². The summed E-state index contributed by atoms with van der Waals surface area (Å²) < 4.78 is 0. The molecule has 0 saturated carbocycles. The summed E-state index contributed by atoms with van der Waals surface area (Å²) in [6.07, 6.45) is 0. The maximum atomic E-state index is 11.2. The molecule has 1 unspecified atom stereocenters. The minimum Gasteiger partial charge on any atom is -0.508 e. The van der Waals surface area contributed by atoms with E-state index >= 15 is 0 Å². The molecule has 0 bridgehead atoms. The quantitative estimate of drug-likeness (QED) is 0.830. The van der Waals surface area contributed by atoms with E-state index in [1.54, 1.807) is 19.1 Å². The van der Waals surface area contributed by atoms with Crippen LogP contribution >= 0.6 is 0 Å². The summed E-state index contributed by atoms with van der Waals surface area (Å²) in [5.74, 6) is 0.600. The van der Waals surface area contributed by atoms with Gasteiger partial charge in [-0.15, -0.1) is 0 Å². The van der Waals surface area contributed by atoms with E-state index < -0.39 is 0 Å². The summed E-state index contributed by atoms with van der Waals surface area (Å²) in [5, 5.41) is 9.27. The van der Waals surface area contributed by atoms with Crippen LogP contribution in [0.4, 0.5) is 0 Å². The van der Waals surface area contributed by atoms with Crippen LogP contribution in [-0.2, 0) is 0 Å². The first kappa shape index (κ1) is 12.4. The third-order valence-electron chi connectivity index (χ3n) is 3.21. The average Bonchev–Trinajstić information content (AvgIpc) is 2.39. The first-order chi connectivity index (χ1) is 8.58. The van der Waals surface area contributed by atoms with Crippen LogP contribution in [-0.4, -0.2) is 10.9 Å². The average molecular weight is 240 g/mol. The van der Waals surface area contributed by atoms with Crippen molar-refractivity contribution in [3.05, 3.63) is 65.2 Å². The van der Waals surface area contributed by atoms with Crippen LogP contribution in [0.3, 0.4) is 0 Å². The molecule has 92 valence electrons. The molecule has 0 aliphatic heterocycles. The topological polar surface area (TPSA) is 37.3 Å². The zero-order chi connectivity index (χ0) is 13.1. The Morgan fingerprint density at radius 3 is 1.83 bits per heavy atom. The second-order valence-electron chi connectivity index (χ2n) is 4.49. The normalized spacial score (nSPS) is 12.1. The third kappa shape index (κ3) is 2.59. The van der Waals surface area contributed by atoms with Gasteiger partial charge in [-0.25, -0.2) is 0 Å². The van der Waals surface area contributed by atoms with Crippen LogP contribution in [0.2, 0.25) is 0 Å². The molecule has 1 N–H and O–H groups in total.